The zero-order chi connectivity index (χ0) is 9.35. The quantitative estimate of drug-likeness (QED) is 0.679. The van der Waals surface area contributed by atoms with Crippen LogP contribution in [0.3, 0.4) is 0 Å². The van der Waals surface area contributed by atoms with Gasteiger partial charge in [0, 0.05) is 0 Å². The van der Waals surface area contributed by atoms with E-state index in [0.29, 0.717) is 5.92 Å². The molecule has 2 atom stereocenters. The predicted molar refractivity (Wildman–Crippen MR) is 47.7 cm³/mol. The van der Waals surface area contributed by atoms with Crippen LogP contribution in [0.1, 0.15) is 27.2 Å². The van der Waals surface area contributed by atoms with Crippen LogP contribution in [0.15, 0.2) is 12.2 Å². The Hall–Kier alpha value is -0.630. The number of allylic oxidation sites excluding steroid dienone is 1. The molecule has 1 aliphatic carbocycles. The first-order chi connectivity index (χ1) is 5.43. The summed E-state index contributed by atoms with van der Waals surface area (Å²) in [5.41, 5.74) is -0.915. The average Bonchev–Trinajstić information content (AvgIpc) is 2.15. The van der Waals surface area contributed by atoms with Gasteiger partial charge in [-0.05, 0) is 31.4 Å². The van der Waals surface area contributed by atoms with E-state index in [1.165, 1.54) is 6.08 Å². The summed E-state index contributed by atoms with van der Waals surface area (Å²) in [7, 11) is 0. The van der Waals surface area contributed by atoms with Crippen molar-refractivity contribution in [2.45, 2.75) is 32.8 Å². The van der Waals surface area contributed by atoms with Gasteiger partial charge in [-0.2, -0.15) is 0 Å². The highest BCUT2D eigenvalue weighted by molar-refractivity contribution is 5.95. The lowest BCUT2D eigenvalue weighted by atomic mass is 9.85. The van der Waals surface area contributed by atoms with Crippen LogP contribution in [0.5, 0.6) is 0 Å². The first-order valence-electron chi connectivity index (χ1n) is 4.39. The van der Waals surface area contributed by atoms with Crippen molar-refractivity contribution in [1.82, 2.24) is 0 Å². The highest BCUT2D eigenvalue weighted by Crippen LogP contribution is 2.31. The lowest BCUT2D eigenvalue weighted by molar-refractivity contribution is -0.122. The van der Waals surface area contributed by atoms with E-state index in [2.05, 4.69) is 13.8 Å². The van der Waals surface area contributed by atoms with Crippen molar-refractivity contribution in [2.75, 3.05) is 0 Å². The molecule has 2 heteroatoms. The van der Waals surface area contributed by atoms with Gasteiger partial charge >= 0.3 is 0 Å². The van der Waals surface area contributed by atoms with Crippen molar-refractivity contribution in [3.63, 3.8) is 0 Å². The summed E-state index contributed by atoms with van der Waals surface area (Å²) in [6.45, 7) is 5.81. The molecule has 1 aliphatic rings. The van der Waals surface area contributed by atoms with Gasteiger partial charge in [-0.3, -0.25) is 4.79 Å². The monoisotopic (exact) mass is 168 g/mol. The number of carbonyl (C=O) groups is 1. The molecule has 68 valence electrons. The maximum Gasteiger partial charge on any atom is 0.161 e. The van der Waals surface area contributed by atoms with E-state index >= 15 is 0 Å². The van der Waals surface area contributed by atoms with E-state index in [0.717, 1.165) is 6.42 Å². The van der Waals surface area contributed by atoms with Crippen LogP contribution >= 0.6 is 0 Å². The number of hydrogen-bond donors (Lipinski definition) is 1. The summed E-state index contributed by atoms with van der Waals surface area (Å²) in [5.74, 6) is 0.288. The number of carbonyl (C=O) groups excluding carboxylic acids is 1. The van der Waals surface area contributed by atoms with Gasteiger partial charge in [-0.25, -0.2) is 0 Å². The average molecular weight is 168 g/mol. The second-order valence-electron chi connectivity index (χ2n) is 4.14. The Kier molecular flexibility index (Phi) is 2.38. The van der Waals surface area contributed by atoms with E-state index in [-0.39, 0.29) is 11.7 Å². The van der Waals surface area contributed by atoms with Gasteiger partial charge in [0.1, 0.15) is 0 Å². The van der Waals surface area contributed by atoms with Gasteiger partial charge in [0.2, 0.25) is 0 Å². The van der Waals surface area contributed by atoms with Gasteiger partial charge in [0.05, 0.1) is 11.5 Å². The minimum absolute atomic E-state index is 0.0636. The summed E-state index contributed by atoms with van der Waals surface area (Å²) in [6, 6.07) is 0. The molecule has 0 bridgehead atoms. The third-order valence-electron chi connectivity index (χ3n) is 2.34. The number of ketones is 1. The van der Waals surface area contributed by atoms with Gasteiger partial charge < -0.3 is 5.11 Å². The molecule has 0 amide bonds. The molecule has 0 aromatic carbocycles. The Morgan fingerprint density at radius 2 is 2.25 bits per heavy atom. The largest absolute Gasteiger partial charge is 0.385 e. The fourth-order valence-corrected chi connectivity index (χ4v) is 1.60. The zero-order valence-electron chi connectivity index (χ0n) is 7.87. The Bertz CT molecular complexity index is 214. The van der Waals surface area contributed by atoms with E-state index in [9.17, 15) is 9.90 Å². The molecule has 2 nitrogen and oxygen atoms in total. The molecule has 0 aromatic rings. The van der Waals surface area contributed by atoms with Crippen molar-refractivity contribution in [2.24, 2.45) is 11.8 Å². The first kappa shape index (κ1) is 9.46. The molecule has 0 aromatic heterocycles. The van der Waals surface area contributed by atoms with Gasteiger partial charge in [-0.15, -0.1) is 0 Å². The maximum atomic E-state index is 11.3. The molecule has 0 heterocycles. The summed E-state index contributed by atoms with van der Waals surface area (Å²) in [5, 5.41) is 9.77. The second kappa shape index (κ2) is 3.02. The van der Waals surface area contributed by atoms with E-state index < -0.39 is 5.60 Å². The lowest BCUT2D eigenvalue weighted by Crippen LogP contribution is -2.33. The van der Waals surface area contributed by atoms with Crippen molar-refractivity contribution >= 4 is 5.78 Å². The zero-order valence-corrected chi connectivity index (χ0v) is 7.87. The molecule has 2 unspecified atom stereocenters. The third-order valence-corrected chi connectivity index (χ3v) is 2.34. The van der Waals surface area contributed by atoms with Crippen molar-refractivity contribution < 1.29 is 9.90 Å². The van der Waals surface area contributed by atoms with Crippen LogP contribution in [-0.2, 0) is 4.79 Å². The highest BCUT2D eigenvalue weighted by Gasteiger charge is 2.38. The first-order valence-corrected chi connectivity index (χ1v) is 4.39. The van der Waals surface area contributed by atoms with Crippen molar-refractivity contribution in [3.8, 4) is 0 Å². The minimum atomic E-state index is -0.915. The molecule has 1 rings (SSSR count). The Labute approximate surface area is 73.3 Å². The number of aliphatic hydroxyl groups is 1. The van der Waals surface area contributed by atoms with Crippen LogP contribution in [0.2, 0.25) is 0 Å². The minimum Gasteiger partial charge on any atom is -0.385 e. The molecule has 0 radical (unpaired) electrons. The molecule has 0 spiro atoms. The summed E-state index contributed by atoms with van der Waals surface area (Å²) in [6.07, 6.45) is 3.86. The van der Waals surface area contributed by atoms with Crippen molar-refractivity contribution in [1.29, 1.82) is 0 Å². The highest BCUT2D eigenvalue weighted by atomic mass is 16.3. The normalized spacial score (nSPS) is 35.1. The van der Waals surface area contributed by atoms with Gasteiger partial charge in [-0.1, -0.05) is 13.8 Å². The van der Waals surface area contributed by atoms with Crippen LogP contribution < -0.4 is 0 Å². The molecule has 12 heavy (non-hydrogen) atoms. The molecule has 1 N–H and O–H groups in total. The Morgan fingerprint density at radius 1 is 1.67 bits per heavy atom. The molecular weight excluding hydrogens is 152 g/mol. The molecule has 0 aliphatic heterocycles. The third kappa shape index (κ3) is 1.75. The van der Waals surface area contributed by atoms with E-state index in [1.807, 2.05) is 0 Å². The predicted octanol–water partition coefficient (Wildman–Crippen LogP) is 1.54. The fourth-order valence-electron chi connectivity index (χ4n) is 1.60. The number of rotatable bonds is 2. The van der Waals surface area contributed by atoms with Crippen LogP contribution in [0.25, 0.3) is 0 Å². The van der Waals surface area contributed by atoms with Crippen LogP contribution in [-0.4, -0.2) is 16.5 Å². The molecular formula is C10H16O2. The summed E-state index contributed by atoms with van der Waals surface area (Å²) >= 11 is 0. The van der Waals surface area contributed by atoms with Gasteiger partial charge in [0.25, 0.3) is 0 Å². The smallest absolute Gasteiger partial charge is 0.161 e. The molecule has 0 fully saturated rings. The topological polar surface area (TPSA) is 37.3 Å². The van der Waals surface area contributed by atoms with Crippen molar-refractivity contribution in [3.05, 3.63) is 12.2 Å². The maximum absolute atomic E-state index is 11.3. The lowest BCUT2D eigenvalue weighted by Gasteiger charge is -2.24. The standard InChI is InChI=1S/C10H16O2/c1-7(2)6-8-9(11)4-5-10(8,3)12/h4-5,7-8,12H,6H2,1-3H3. The van der Waals surface area contributed by atoms with Crippen LogP contribution in [0, 0.1) is 11.8 Å². The van der Waals surface area contributed by atoms with E-state index in [1.54, 1.807) is 13.0 Å². The van der Waals surface area contributed by atoms with Crippen LogP contribution in [0.4, 0.5) is 0 Å². The van der Waals surface area contributed by atoms with Gasteiger partial charge in [0.15, 0.2) is 5.78 Å². The fraction of sp³-hybridized carbons (Fsp3) is 0.700. The molecule has 0 saturated heterocycles. The summed E-state index contributed by atoms with van der Waals surface area (Å²) in [4.78, 5) is 11.3. The van der Waals surface area contributed by atoms with E-state index in [4.69, 9.17) is 0 Å². The SMILES string of the molecule is CC(C)CC1C(=O)C=CC1(C)O. The Morgan fingerprint density at radius 3 is 2.58 bits per heavy atom. The molecule has 0 saturated carbocycles. The Balaban J connectivity index is 2.70. The summed E-state index contributed by atoms with van der Waals surface area (Å²) < 4.78 is 0. The second-order valence-corrected chi connectivity index (χ2v) is 4.14. The number of hydrogen-bond acceptors (Lipinski definition) is 2.